The standard InChI is InChI=1S/C20H18N2O2/c1-13-14(2)20(16-5-9-18(10-6-16)22-12-24)19(13)15-3-7-17(8-4-15)21-11-23/h3-10,13-14,19-20H,1-2H3/t13-,14+,19-,20+. The van der Waals surface area contributed by atoms with Crippen molar-refractivity contribution in [3.8, 4) is 0 Å². The van der Waals surface area contributed by atoms with Crippen LogP contribution in [-0.2, 0) is 9.59 Å². The molecule has 4 nitrogen and oxygen atoms in total. The molecule has 3 rings (SSSR count). The molecule has 1 fully saturated rings. The zero-order chi connectivity index (χ0) is 17.1. The summed E-state index contributed by atoms with van der Waals surface area (Å²) in [4.78, 5) is 28.0. The highest BCUT2D eigenvalue weighted by molar-refractivity contribution is 5.51. The minimum Gasteiger partial charge on any atom is -0.211 e. The Balaban J connectivity index is 1.89. The van der Waals surface area contributed by atoms with Gasteiger partial charge in [0.25, 0.3) is 0 Å². The van der Waals surface area contributed by atoms with E-state index in [9.17, 15) is 9.59 Å². The van der Waals surface area contributed by atoms with Gasteiger partial charge in [0.1, 0.15) is 0 Å². The highest BCUT2D eigenvalue weighted by Crippen LogP contribution is 2.57. The smallest absolute Gasteiger partial charge is 0.211 e. The van der Waals surface area contributed by atoms with Crippen molar-refractivity contribution >= 4 is 23.5 Å². The monoisotopic (exact) mass is 318 g/mol. The second-order valence-corrected chi connectivity index (χ2v) is 6.36. The van der Waals surface area contributed by atoms with Crippen LogP contribution in [0.4, 0.5) is 11.4 Å². The summed E-state index contributed by atoms with van der Waals surface area (Å²) in [5.74, 6) is 2.00. The van der Waals surface area contributed by atoms with Gasteiger partial charge in [-0.3, -0.25) is 0 Å². The fourth-order valence-corrected chi connectivity index (χ4v) is 3.83. The molecule has 0 saturated heterocycles. The summed E-state index contributed by atoms with van der Waals surface area (Å²) in [7, 11) is 0. The van der Waals surface area contributed by atoms with Gasteiger partial charge < -0.3 is 0 Å². The number of rotatable bonds is 4. The number of benzene rings is 2. The van der Waals surface area contributed by atoms with Crippen molar-refractivity contribution in [1.29, 1.82) is 0 Å². The van der Waals surface area contributed by atoms with Crippen molar-refractivity contribution < 1.29 is 9.59 Å². The van der Waals surface area contributed by atoms with Crippen molar-refractivity contribution in [3.05, 3.63) is 59.7 Å². The number of isocyanates is 2. The Hall–Kier alpha value is -2.80. The van der Waals surface area contributed by atoms with Crippen LogP contribution in [0, 0.1) is 11.8 Å². The molecule has 4 atom stereocenters. The molecule has 0 unspecified atom stereocenters. The Morgan fingerprint density at radius 1 is 0.667 bits per heavy atom. The van der Waals surface area contributed by atoms with E-state index in [0.29, 0.717) is 35.0 Å². The SMILES string of the molecule is C[C@@H]1[C@H](C)[C@@H](c2ccc(N=C=O)cc2)[C@H]1c1ccc(N=C=O)cc1. The zero-order valence-electron chi connectivity index (χ0n) is 13.6. The van der Waals surface area contributed by atoms with Crippen molar-refractivity contribution in [2.45, 2.75) is 25.7 Å². The first-order chi connectivity index (χ1) is 11.7. The maximum Gasteiger partial charge on any atom is 0.240 e. The Labute approximate surface area is 141 Å². The van der Waals surface area contributed by atoms with E-state index in [2.05, 4.69) is 23.8 Å². The average Bonchev–Trinajstić information content (AvgIpc) is 2.61. The molecule has 24 heavy (non-hydrogen) atoms. The lowest BCUT2D eigenvalue weighted by molar-refractivity contribution is 0.123. The number of nitrogens with zero attached hydrogens (tertiary/aromatic N) is 2. The third-order valence-electron chi connectivity index (χ3n) is 5.25. The highest BCUT2D eigenvalue weighted by atomic mass is 16.1. The third kappa shape index (κ3) is 2.85. The van der Waals surface area contributed by atoms with E-state index in [0.717, 1.165) is 0 Å². The summed E-state index contributed by atoms with van der Waals surface area (Å²) in [6.45, 7) is 4.54. The van der Waals surface area contributed by atoms with E-state index < -0.39 is 0 Å². The molecule has 0 N–H and O–H groups in total. The summed E-state index contributed by atoms with van der Waals surface area (Å²) < 4.78 is 0. The highest BCUT2D eigenvalue weighted by Gasteiger charge is 2.46. The number of carbonyl (C=O) groups excluding carboxylic acids is 2. The molecule has 0 aromatic heterocycles. The van der Waals surface area contributed by atoms with E-state index in [1.807, 2.05) is 48.5 Å². The van der Waals surface area contributed by atoms with Crippen LogP contribution in [0.2, 0.25) is 0 Å². The van der Waals surface area contributed by atoms with Gasteiger partial charge in [0.15, 0.2) is 0 Å². The molecule has 4 heteroatoms. The summed E-state index contributed by atoms with van der Waals surface area (Å²) in [5, 5.41) is 0. The van der Waals surface area contributed by atoms with Gasteiger partial charge >= 0.3 is 0 Å². The summed E-state index contributed by atoms with van der Waals surface area (Å²) in [6.07, 6.45) is 3.13. The first kappa shape index (κ1) is 16.1. The van der Waals surface area contributed by atoms with Crippen LogP contribution in [0.3, 0.4) is 0 Å². The predicted molar refractivity (Wildman–Crippen MR) is 92.3 cm³/mol. The van der Waals surface area contributed by atoms with Crippen molar-refractivity contribution in [3.63, 3.8) is 0 Å². The second kappa shape index (κ2) is 6.76. The molecule has 1 aliphatic rings. The first-order valence-electron chi connectivity index (χ1n) is 8.01. The van der Waals surface area contributed by atoms with Gasteiger partial charge in [-0.15, -0.1) is 0 Å². The number of aliphatic imine (C=N–C) groups is 2. The normalized spacial score (nSPS) is 25.1. The summed E-state index contributed by atoms with van der Waals surface area (Å²) in [6, 6.07) is 15.6. The van der Waals surface area contributed by atoms with Crippen LogP contribution in [0.15, 0.2) is 58.5 Å². The maximum atomic E-state index is 10.3. The van der Waals surface area contributed by atoms with Crippen LogP contribution in [0.5, 0.6) is 0 Å². The van der Waals surface area contributed by atoms with E-state index in [1.165, 1.54) is 11.1 Å². The van der Waals surface area contributed by atoms with Gasteiger partial charge in [0.2, 0.25) is 12.2 Å². The molecule has 0 amide bonds. The zero-order valence-corrected chi connectivity index (χ0v) is 13.6. The maximum absolute atomic E-state index is 10.3. The molecule has 1 aliphatic carbocycles. The molecule has 0 aliphatic heterocycles. The van der Waals surface area contributed by atoms with Crippen LogP contribution < -0.4 is 0 Å². The van der Waals surface area contributed by atoms with Crippen LogP contribution in [0.1, 0.15) is 36.8 Å². The van der Waals surface area contributed by atoms with Gasteiger partial charge in [-0.1, -0.05) is 38.1 Å². The van der Waals surface area contributed by atoms with Gasteiger partial charge in [-0.2, -0.15) is 9.98 Å². The number of hydrogen-bond acceptors (Lipinski definition) is 4. The van der Waals surface area contributed by atoms with Crippen molar-refractivity contribution in [2.24, 2.45) is 21.8 Å². The molecule has 0 spiro atoms. The van der Waals surface area contributed by atoms with E-state index >= 15 is 0 Å². The lowest BCUT2D eigenvalue weighted by Crippen LogP contribution is -2.39. The Morgan fingerprint density at radius 3 is 1.29 bits per heavy atom. The molecule has 2 aromatic carbocycles. The summed E-state index contributed by atoms with van der Waals surface area (Å²) >= 11 is 0. The Bertz CT molecular complexity index is 742. The lowest BCUT2D eigenvalue weighted by atomic mass is 9.54. The largest absolute Gasteiger partial charge is 0.240 e. The van der Waals surface area contributed by atoms with Crippen molar-refractivity contribution in [1.82, 2.24) is 0 Å². The molecular formula is C20H18N2O2. The third-order valence-corrected chi connectivity index (χ3v) is 5.25. The van der Waals surface area contributed by atoms with Gasteiger partial charge in [-0.05, 0) is 59.1 Å². The fraction of sp³-hybridized carbons (Fsp3) is 0.300. The minimum atomic E-state index is 0.426. The van der Waals surface area contributed by atoms with E-state index in [4.69, 9.17) is 0 Å². The lowest BCUT2D eigenvalue weighted by Gasteiger charge is -2.50. The minimum absolute atomic E-state index is 0.426. The topological polar surface area (TPSA) is 58.9 Å². The number of hydrogen-bond donors (Lipinski definition) is 0. The molecule has 0 radical (unpaired) electrons. The molecular weight excluding hydrogens is 300 g/mol. The summed E-state index contributed by atoms with van der Waals surface area (Å²) in [5.41, 5.74) is 3.76. The van der Waals surface area contributed by atoms with Crippen LogP contribution in [-0.4, -0.2) is 12.2 Å². The van der Waals surface area contributed by atoms with Gasteiger partial charge in [-0.25, -0.2) is 9.59 Å². The Morgan fingerprint density at radius 2 is 1.00 bits per heavy atom. The average molecular weight is 318 g/mol. The van der Waals surface area contributed by atoms with E-state index in [1.54, 1.807) is 12.2 Å². The molecule has 0 bridgehead atoms. The molecule has 120 valence electrons. The van der Waals surface area contributed by atoms with E-state index in [-0.39, 0.29) is 0 Å². The van der Waals surface area contributed by atoms with Crippen molar-refractivity contribution in [2.75, 3.05) is 0 Å². The van der Waals surface area contributed by atoms with Crippen LogP contribution >= 0.6 is 0 Å². The van der Waals surface area contributed by atoms with Gasteiger partial charge in [0.05, 0.1) is 11.4 Å². The Kier molecular flexibility index (Phi) is 4.52. The molecule has 1 saturated carbocycles. The predicted octanol–water partition coefficient (Wildman–Crippen LogP) is 4.77. The van der Waals surface area contributed by atoms with Gasteiger partial charge in [0, 0.05) is 0 Å². The quantitative estimate of drug-likeness (QED) is 0.602. The second-order valence-electron chi connectivity index (χ2n) is 6.36. The van der Waals surface area contributed by atoms with Crippen LogP contribution in [0.25, 0.3) is 0 Å². The molecule has 0 heterocycles. The fourth-order valence-electron chi connectivity index (χ4n) is 3.83. The first-order valence-corrected chi connectivity index (χ1v) is 8.01. The molecule has 2 aromatic rings.